The van der Waals surface area contributed by atoms with Crippen molar-refractivity contribution < 1.29 is 47.7 Å². The number of anilines is 2. The van der Waals surface area contributed by atoms with Crippen LogP contribution in [-0.4, -0.2) is 111 Å². The molecule has 0 aliphatic carbocycles. The van der Waals surface area contributed by atoms with E-state index in [4.69, 9.17) is 40.6 Å². The zero-order chi connectivity index (χ0) is 61.7. The summed E-state index contributed by atoms with van der Waals surface area (Å²) in [7, 11) is 0. The van der Waals surface area contributed by atoms with Gasteiger partial charge in [0.25, 0.3) is 0 Å². The van der Waals surface area contributed by atoms with Gasteiger partial charge in [-0.3, -0.25) is 38.8 Å². The van der Waals surface area contributed by atoms with Gasteiger partial charge in [-0.15, -0.1) is 0 Å². The van der Waals surface area contributed by atoms with Crippen molar-refractivity contribution in [1.82, 2.24) is 0 Å². The molecule has 0 spiro atoms. The second-order valence-electron chi connectivity index (χ2n) is 21.3. The smallest absolute Gasteiger partial charge is 0.305 e. The van der Waals surface area contributed by atoms with Gasteiger partial charge in [-0.05, 0) is 61.8 Å². The number of aliphatic imine (C=N–C) groups is 2. The van der Waals surface area contributed by atoms with E-state index in [1.807, 2.05) is 111 Å². The summed E-state index contributed by atoms with van der Waals surface area (Å²) in [6.07, 6.45) is 13.6. The number of nitrogens with zero attached hydrogens (tertiary/aromatic N) is 6. The topological polar surface area (TPSA) is 247 Å². The van der Waals surface area contributed by atoms with Crippen LogP contribution in [0.2, 0.25) is 0 Å². The summed E-state index contributed by atoms with van der Waals surface area (Å²) in [5.74, 6) is 11.6. The molecular weight excluding hydrogens is 1090 g/mol. The number of hydrogen-bond acceptors (Lipinski definition) is 16. The van der Waals surface area contributed by atoms with Crippen LogP contribution in [0.3, 0.4) is 0 Å². The lowest BCUT2D eigenvalue weighted by Crippen LogP contribution is -2.36. The van der Waals surface area contributed by atoms with Crippen LogP contribution in [0.5, 0.6) is 0 Å². The molecule has 0 bridgehead atoms. The second-order valence-corrected chi connectivity index (χ2v) is 21.3. The number of rotatable bonds is 34. The van der Waals surface area contributed by atoms with Gasteiger partial charge < -0.3 is 40.4 Å². The quantitative estimate of drug-likeness (QED) is 0.0192. The Balaban J connectivity index is 0.000000314. The van der Waals surface area contributed by atoms with Gasteiger partial charge in [0.05, 0.1) is 62.2 Å². The van der Waals surface area contributed by atoms with Crippen molar-refractivity contribution >= 4 is 69.5 Å². The van der Waals surface area contributed by atoms with Gasteiger partial charge >= 0.3 is 11.9 Å². The zero-order valence-electron chi connectivity index (χ0n) is 51.4. The highest BCUT2D eigenvalue weighted by atomic mass is 16.5. The van der Waals surface area contributed by atoms with E-state index >= 15 is 0 Å². The molecule has 0 aromatic heterocycles. The largest absolute Gasteiger partial charge is 0.464 e. The van der Waals surface area contributed by atoms with Crippen LogP contribution in [0.15, 0.2) is 117 Å². The molecule has 0 saturated heterocycles. The summed E-state index contributed by atoms with van der Waals surface area (Å²) in [4.78, 5) is 89.2. The number of para-hydroxylation sites is 2. The van der Waals surface area contributed by atoms with E-state index in [0.717, 1.165) is 86.5 Å². The lowest BCUT2D eigenvalue weighted by molar-refractivity contribution is -0.144. The molecule has 86 heavy (non-hydrogen) atoms. The van der Waals surface area contributed by atoms with Crippen LogP contribution in [0.25, 0.3) is 0 Å². The number of carbonyl (C=O) groups is 6. The first-order chi connectivity index (χ1) is 42.0. The highest BCUT2D eigenvalue weighted by molar-refractivity contribution is 6.55. The minimum atomic E-state index is -0.215. The SMILES string of the molecule is CCCCCCC(=O)OCCN=C1C(=NN)c2ccccc2N(C(=O)CCCC(=O)CCOCCC)Cc2ccccc21.CCCCCCC(=O)OCCN=C1C(=NN)c2ccccc2N(C(=O)CCCC(=O)CCOCCC)Cc2ccccc21. The number of hydrazone groups is 2. The Hall–Kier alpha value is -7.70. The Labute approximate surface area is 509 Å². The Morgan fingerprint density at radius 2 is 0.779 bits per heavy atom. The number of carbonyl (C=O) groups excluding carboxylic acids is 6. The van der Waals surface area contributed by atoms with Gasteiger partial charge in [0.15, 0.2) is 0 Å². The number of ketones is 2. The number of ether oxygens (including phenoxy) is 4. The summed E-state index contributed by atoms with van der Waals surface area (Å²) in [5.41, 5.74) is 8.21. The maximum Gasteiger partial charge on any atom is 0.305 e. The van der Waals surface area contributed by atoms with E-state index < -0.39 is 0 Å². The summed E-state index contributed by atoms with van der Waals surface area (Å²) >= 11 is 0. The first-order valence-corrected chi connectivity index (χ1v) is 31.1. The second kappa shape index (κ2) is 39.8. The molecule has 4 aromatic rings. The highest BCUT2D eigenvalue weighted by Crippen LogP contribution is 2.32. The maximum atomic E-state index is 13.6. The number of benzene rings is 4. The fraction of sp³-hybridized carbons (Fsp3) is 0.500. The molecule has 4 N–H and O–H groups in total. The number of esters is 2. The fourth-order valence-corrected chi connectivity index (χ4v) is 10.1. The molecule has 2 heterocycles. The molecule has 18 nitrogen and oxygen atoms in total. The molecule has 0 saturated carbocycles. The average Bonchev–Trinajstić information content (AvgIpc) is 1.77. The molecule has 18 heteroatoms. The molecule has 464 valence electrons. The third-order valence-corrected chi connectivity index (χ3v) is 14.6. The Morgan fingerprint density at radius 1 is 0.395 bits per heavy atom. The molecule has 2 amide bonds. The summed E-state index contributed by atoms with van der Waals surface area (Å²) in [6.45, 7) is 11.9. The van der Waals surface area contributed by atoms with Gasteiger partial charge in [0.2, 0.25) is 11.8 Å². The predicted molar refractivity (Wildman–Crippen MR) is 341 cm³/mol. The molecule has 0 radical (unpaired) electrons. The average molecular weight is 1180 g/mol. The number of unbranched alkanes of at least 4 members (excludes halogenated alkanes) is 6. The summed E-state index contributed by atoms with van der Waals surface area (Å²) < 4.78 is 21.7. The minimum Gasteiger partial charge on any atom is -0.464 e. The van der Waals surface area contributed by atoms with Crippen LogP contribution in [-0.2, 0) is 60.8 Å². The van der Waals surface area contributed by atoms with Gasteiger partial charge in [0, 0.05) is 86.8 Å². The Kier molecular flexibility index (Phi) is 32.0. The van der Waals surface area contributed by atoms with E-state index in [2.05, 4.69) is 24.1 Å². The van der Waals surface area contributed by atoms with Crippen LogP contribution in [0, 0.1) is 0 Å². The fourth-order valence-electron chi connectivity index (χ4n) is 10.1. The van der Waals surface area contributed by atoms with E-state index in [1.165, 1.54) is 0 Å². The van der Waals surface area contributed by atoms with Crippen molar-refractivity contribution in [3.05, 3.63) is 130 Å². The molecule has 4 aromatic carbocycles. The molecule has 6 rings (SSSR count). The first-order valence-electron chi connectivity index (χ1n) is 31.1. The summed E-state index contributed by atoms with van der Waals surface area (Å²) in [6, 6.07) is 30.5. The number of amides is 2. The van der Waals surface area contributed by atoms with E-state index in [1.54, 1.807) is 9.80 Å². The third-order valence-electron chi connectivity index (χ3n) is 14.6. The minimum absolute atomic E-state index is 0.0834. The first kappa shape index (κ1) is 69.1. The molecule has 2 aliphatic rings. The monoisotopic (exact) mass is 1180 g/mol. The van der Waals surface area contributed by atoms with E-state index in [-0.39, 0.29) is 74.5 Å². The lowest BCUT2D eigenvalue weighted by atomic mass is 9.91. The number of fused-ring (bicyclic) bond motifs is 4. The summed E-state index contributed by atoms with van der Waals surface area (Å²) in [5, 5.41) is 8.29. The van der Waals surface area contributed by atoms with Crippen molar-refractivity contribution in [2.24, 2.45) is 31.9 Å². The van der Waals surface area contributed by atoms with Crippen LogP contribution in [0.4, 0.5) is 11.4 Å². The lowest BCUT2D eigenvalue weighted by Gasteiger charge is -2.30. The molecule has 0 atom stereocenters. The van der Waals surface area contributed by atoms with Gasteiger partial charge in [-0.2, -0.15) is 10.2 Å². The van der Waals surface area contributed by atoms with Crippen molar-refractivity contribution in [3.8, 4) is 0 Å². The normalized spacial score (nSPS) is 14.6. The third kappa shape index (κ3) is 22.6. The van der Waals surface area contributed by atoms with Gasteiger partial charge in [-0.1, -0.05) is 151 Å². The molecule has 2 aliphatic heterocycles. The number of Topliss-reactive ketones (excluding diaryl/α,β-unsaturated/α-hetero) is 2. The van der Waals surface area contributed by atoms with Crippen molar-refractivity contribution in [2.75, 3.05) is 62.5 Å². The maximum absolute atomic E-state index is 13.6. The predicted octanol–water partition coefficient (Wildman–Crippen LogP) is 11.5. The molecule has 0 fully saturated rings. The Morgan fingerprint density at radius 3 is 1.16 bits per heavy atom. The van der Waals surface area contributed by atoms with Crippen molar-refractivity contribution in [3.63, 3.8) is 0 Å². The number of nitrogens with two attached hydrogens (primary N) is 2. The van der Waals surface area contributed by atoms with Gasteiger partial charge in [0.1, 0.15) is 36.2 Å². The highest BCUT2D eigenvalue weighted by Gasteiger charge is 2.31. The molecule has 0 unspecified atom stereocenters. The van der Waals surface area contributed by atoms with Crippen molar-refractivity contribution in [2.45, 2.75) is 169 Å². The van der Waals surface area contributed by atoms with Crippen molar-refractivity contribution in [1.29, 1.82) is 0 Å². The zero-order valence-corrected chi connectivity index (χ0v) is 51.4. The van der Waals surface area contributed by atoms with Crippen LogP contribution >= 0.6 is 0 Å². The molecular formula is C68H92N8O10. The van der Waals surface area contributed by atoms with Gasteiger partial charge in [-0.25, -0.2) is 0 Å². The van der Waals surface area contributed by atoms with Crippen LogP contribution in [0.1, 0.15) is 189 Å². The number of hydrogen-bond donors (Lipinski definition) is 2. The standard InChI is InChI=1S/2C34H46N4O5/c2*1-3-5-6-7-19-32(41)43-24-21-36-33-28-15-9-8-13-26(28)25-38(30-17-11-10-16-29(30)34(33)37-35)31(40)18-12-14-27(39)20-23-42-22-4-2/h2*8-11,13,15-17H,3-7,12,14,18-25,35H2,1-2H3. The van der Waals surface area contributed by atoms with E-state index in [0.29, 0.717) is 136 Å². The van der Waals surface area contributed by atoms with Crippen LogP contribution < -0.4 is 21.5 Å². The van der Waals surface area contributed by atoms with E-state index in [9.17, 15) is 28.8 Å². The Bertz CT molecular complexity index is 2740.